The highest BCUT2D eigenvalue weighted by molar-refractivity contribution is 5.83. The van der Waals surface area contributed by atoms with Gasteiger partial charge in [-0.25, -0.2) is 0 Å². The topological polar surface area (TPSA) is 76.8 Å². The smallest absolute Gasteiger partial charge is 0.227 e. The fourth-order valence-corrected chi connectivity index (χ4v) is 3.38. The van der Waals surface area contributed by atoms with Gasteiger partial charge in [0, 0.05) is 49.6 Å². The number of nitrogens with one attached hydrogen (secondary N) is 1. The quantitative estimate of drug-likeness (QED) is 0.752. The molecular formula is C19H31N3O3. The number of anilines is 1. The second kappa shape index (κ2) is 8.43. The predicted molar refractivity (Wildman–Crippen MR) is 100 cm³/mol. The number of rotatable bonds is 8. The molecule has 0 bridgehead atoms. The van der Waals surface area contributed by atoms with E-state index in [0.29, 0.717) is 6.54 Å². The molecule has 1 aromatic rings. The van der Waals surface area contributed by atoms with Crippen LogP contribution in [-0.4, -0.2) is 45.8 Å². The molecule has 1 aliphatic rings. The summed E-state index contributed by atoms with van der Waals surface area (Å²) in [5, 5.41) is 3.21. The molecule has 1 aromatic carbocycles. The molecule has 0 aromatic heterocycles. The highest BCUT2D eigenvalue weighted by atomic mass is 16.5. The zero-order chi connectivity index (χ0) is 18.4. The Balaban J connectivity index is 2.05. The first-order valence-corrected chi connectivity index (χ1v) is 9.01. The van der Waals surface area contributed by atoms with Crippen molar-refractivity contribution in [3.05, 3.63) is 18.2 Å². The number of hydrogen-bond acceptors (Lipinski definition) is 5. The van der Waals surface area contributed by atoms with Crippen molar-refractivity contribution >= 4 is 11.6 Å². The number of carbonyl (C=O) groups is 1. The van der Waals surface area contributed by atoms with Crippen molar-refractivity contribution < 1.29 is 14.3 Å². The maximum atomic E-state index is 12.7. The molecule has 6 heteroatoms. The van der Waals surface area contributed by atoms with Crippen molar-refractivity contribution in [2.75, 3.05) is 38.8 Å². The number of nitrogens with two attached hydrogens (primary N) is 1. The predicted octanol–water partition coefficient (Wildman–Crippen LogP) is 2.16. The summed E-state index contributed by atoms with van der Waals surface area (Å²) in [6.07, 6.45) is 2.43. The van der Waals surface area contributed by atoms with Gasteiger partial charge < -0.3 is 25.4 Å². The molecule has 1 heterocycles. The van der Waals surface area contributed by atoms with E-state index in [1.807, 2.05) is 32.0 Å². The number of hydrogen-bond donors (Lipinski definition) is 2. The monoisotopic (exact) mass is 349 g/mol. The minimum absolute atomic E-state index is 0.0788. The van der Waals surface area contributed by atoms with Crippen LogP contribution in [0, 0.1) is 5.41 Å². The minimum Gasteiger partial charge on any atom is -0.497 e. The molecule has 1 aliphatic heterocycles. The average molecular weight is 349 g/mol. The van der Waals surface area contributed by atoms with Gasteiger partial charge in [0.05, 0.1) is 19.6 Å². The lowest BCUT2D eigenvalue weighted by molar-refractivity contribution is -0.131. The average Bonchev–Trinajstić information content (AvgIpc) is 3.11. The van der Waals surface area contributed by atoms with Crippen molar-refractivity contribution in [2.24, 2.45) is 11.1 Å². The van der Waals surface area contributed by atoms with Crippen molar-refractivity contribution in [1.82, 2.24) is 5.32 Å². The Morgan fingerprint density at radius 2 is 1.84 bits per heavy atom. The largest absolute Gasteiger partial charge is 0.497 e. The summed E-state index contributed by atoms with van der Waals surface area (Å²) in [5.74, 6) is 1.61. The Hall–Kier alpha value is -1.95. The van der Waals surface area contributed by atoms with Crippen LogP contribution in [0.3, 0.4) is 0 Å². The van der Waals surface area contributed by atoms with Crippen LogP contribution in [0.25, 0.3) is 0 Å². The van der Waals surface area contributed by atoms with Crippen LogP contribution in [0.1, 0.15) is 33.1 Å². The summed E-state index contributed by atoms with van der Waals surface area (Å²) in [5.41, 5.74) is 6.48. The lowest BCUT2D eigenvalue weighted by Crippen LogP contribution is -2.49. The van der Waals surface area contributed by atoms with E-state index in [0.717, 1.165) is 49.5 Å². The standard InChI is InChI=1S/C19H31N3O3/c1-5-19(6-2,13-20)18(23)21-14-7-8-22(12-14)15-9-16(24-3)11-17(10-15)25-4/h9-11,14H,5-8,12-13,20H2,1-4H3,(H,21,23). The highest BCUT2D eigenvalue weighted by Crippen LogP contribution is 2.31. The third kappa shape index (κ3) is 4.18. The van der Waals surface area contributed by atoms with E-state index in [1.54, 1.807) is 14.2 Å². The van der Waals surface area contributed by atoms with Crippen molar-refractivity contribution in [1.29, 1.82) is 0 Å². The summed E-state index contributed by atoms with van der Waals surface area (Å²) in [6, 6.07) is 5.98. The molecule has 1 amide bonds. The maximum absolute atomic E-state index is 12.7. The van der Waals surface area contributed by atoms with E-state index < -0.39 is 5.41 Å². The van der Waals surface area contributed by atoms with Gasteiger partial charge in [0.25, 0.3) is 0 Å². The molecule has 0 spiro atoms. The molecule has 1 atom stereocenters. The van der Waals surface area contributed by atoms with E-state index in [4.69, 9.17) is 15.2 Å². The summed E-state index contributed by atoms with van der Waals surface area (Å²) in [7, 11) is 3.29. The van der Waals surface area contributed by atoms with Crippen molar-refractivity contribution in [3.8, 4) is 11.5 Å². The maximum Gasteiger partial charge on any atom is 0.227 e. The number of ether oxygens (including phenoxy) is 2. The molecule has 6 nitrogen and oxygen atoms in total. The third-order valence-electron chi connectivity index (χ3n) is 5.45. The molecular weight excluding hydrogens is 318 g/mol. The van der Waals surface area contributed by atoms with Crippen LogP contribution in [0.2, 0.25) is 0 Å². The first-order chi connectivity index (χ1) is 12.0. The molecule has 25 heavy (non-hydrogen) atoms. The van der Waals surface area contributed by atoms with Gasteiger partial charge in [-0.05, 0) is 19.3 Å². The van der Waals surface area contributed by atoms with Gasteiger partial charge in [-0.1, -0.05) is 13.8 Å². The number of amides is 1. The zero-order valence-electron chi connectivity index (χ0n) is 15.8. The van der Waals surface area contributed by atoms with E-state index in [9.17, 15) is 4.79 Å². The third-order valence-corrected chi connectivity index (χ3v) is 5.45. The second-order valence-corrected chi connectivity index (χ2v) is 6.67. The summed E-state index contributed by atoms with van der Waals surface area (Å²) in [6.45, 7) is 6.10. The Kier molecular flexibility index (Phi) is 6.53. The van der Waals surface area contributed by atoms with Gasteiger partial charge in [-0.15, -0.1) is 0 Å². The molecule has 1 unspecified atom stereocenters. The molecule has 2 rings (SSSR count). The summed E-state index contributed by atoms with van der Waals surface area (Å²) in [4.78, 5) is 15.0. The van der Waals surface area contributed by atoms with Crippen LogP contribution in [-0.2, 0) is 4.79 Å². The van der Waals surface area contributed by atoms with Gasteiger partial charge in [-0.3, -0.25) is 4.79 Å². The fraction of sp³-hybridized carbons (Fsp3) is 0.632. The van der Waals surface area contributed by atoms with Gasteiger partial charge in [0.15, 0.2) is 0 Å². The van der Waals surface area contributed by atoms with Gasteiger partial charge >= 0.3 is 0 Å². The Morgan fingerprint density at radius 1 is 1.24 bits per heavy atom. The molecule has 1 fully saturated rings. The summed E-state index contributed by atoms with van der Waals surface area (Å²) < 4.78 is 10.7. The van der Waals surface area contributed by atoms with Crippen molar-refractivity contribution in [2.45, 2.75) is 39.2 Å². The number of benzene rings is 1. The van der Waals surface area contributed by atoms with Gasteiger partial charge in [-0.2, -0.15) is 0 Å². The molecule has 3 N–H and O–H groups in total. The Labute approximate surface area is 150 Å². The Bertz CT molecular complexity index is 557. The highest BCUT2D eigenvalue weighted by Gasteiger charge is 2.35. The van der Waals surface area contributed by atoms with Gasteiger partial charge in [0.2, 0.25) is 5.91 Å². The zero-order valence-corrected chi connectivity index (χ0v) is 15.8. The van der Waals surface area contributed by atoms with Crippen LogP contribution in [0.4, 0.5) is 5.69 Å². The first kappa shape index (κ1) is 19.4. The molecule has 0 radical (unpaired) electrons. The lowest BCUT2D eigenvalue weighted by atomic mass is 9.81. The number of carbonyl (C=O) groups excluding carboxylic acids is 1. The Morgan fingerprint density at radius 3 is 2.32 bits per heavy atom. The molecule has 140 valence electrons. The van der Waals surface area contributed by atoms with E-state index >= 15 is 0 Å². The normalized spacial score (nSPS) is 17.5. The van der Waals surface area contributed by atoms with Crippen LogP contribution < -0.4 is 25.4 Å². The van der Waals surface area contributed by atoms with Crippen LogP contribution in [0.5, 0.6) is 11.5 Å². The van der Waals surface area contributed by atoms with Crippen LogP contribution >= 0.6 is 0 Å². The van der Waals surface area contributed by atoms with E-state index in [2.05, 4.69) is 10.2 Å². The van der Waals surface area contributed by atoms with Gasteiger partial charge in [0.1, 0.15) is 11.5 Å². The van der Waals surface area contributed by atoms with Crippen LogP contribution in [0.15, 0.2) is 18.2 Å². The van der Waals surface area contributed by atoms with E-state index in [-0.39, 0.29) is 11.9 Å². The molecule has 0 saturated carbocycles. The number of methoxy groups -OCH3 is 2. The summed E-state index contributed by atoms with van der Waals surface area (Å²) >= 11 is 0. The second-order valence-electron chi connectivity index (χ2n) is 6.67. The molecule has 0 aliphatic carbocycles. The minimum atomic E-state index is -0.452. The first-order valence-electron chi connectivity index (χ1n) is 9.01. The SMILES string of the molecule is CCC(CC)(CN)C(=O)NC1CCN(c2cc(OC)cc(OC)c2)C1. The lowest BCUT2D eigenvalue weighted by Gasteiger charge is -2.30. The van der Waals surface area contributed by atoms with Crippen molar-refractivity contribution in [3.63, 3.8) is 0 Å². The molecule has 1 saturated heterocycles. The number of nitrogens with zero attached hydrogens (tertiary/aromatic N) is 1. The fourth-order valence-electron chi connectivity index (χ4n) is 3.38. The van der Waals surface area contributed by atoms with E-state index in [1.165, 1.54) is 0 Å².